The van der Waals surface area contributed by atoms with E-state index in [4.69, 9.17) is 0 Å². The van der Waals surface area contributed by atoms with Crippen LogP contribution >= 0.6 is 12.4 Å². The predicted octanol–water partition coefficient (Wildman–Crippen LogP) is 4.76. The zero-order chi connectivity index (χ0) is 29.9. The fraction of sp³-hybridized carbons (Fsp3) is 0.355. The zero-order valence-electron chi connectivity index (χ0n) is 24.2. The molecule has 4 aromatic rings. The Morgan fingerprint density at radius 1 is 1.00 bits per heavy atom. The number of rotatable bonds is 7. The molecular formula is C31H34ClF2N7O3. The molecule has 0 radical (unpaired) electrons. The maximum atomic E-state index is 13.4. The number of alkyl halides is 2. The van der Waals surface area contributed by atoms with Crippen molar-refractivity contribution >= 4 is 41.4 Å². The molecule has 2 N–H and O–H groups in total. The molecule has 13 heteroatoms. The van der Waals surface area contributed by atoms with Crippen LogP contribution in [0.2, 0.25) is 0 Å². The number of nitrogens with one attached hydrogen (secondary N) is 2. The van der Waals surface area contributed by atoms with Crippen molar-refractivity contribution in [2.24, 2.45) is 5.92 Å². The molecule has 2 aliphatic heterocycles. The predicted molar refractivity (Wildman–Crippen MR) is 165 cm³/mol. The number of anilines is 2. The van der Waals surface area contributed by atoms with Crippen molar-refractivity contribution < 1.29 is 23.1 Å². The second kappa shape index (κ2) is 13.6. The largest absolute Gasteiger partial charge is 0.435 e. The van der Waals surface area contributed by atoms with Gasteiger partial charge in [0.2, 0.25) is 5.91 Å². The summed E-state index contributed by atoms with van der Waals surface area (Å²) < 4.78 is 31.3. The van der Waals surface area contributed by atoms with E-state index in [1.165, 1.54) is 12.1 Å². The number of piperazine rings is 1. The number of ether oxygens (including phenoxy) is 1. The van der Waals surface area contributed by atoms with Crippen LogP contribution in [-0.2, 0) is 4.79 Å². The average molecular weight is 626 g/mol. The van der Waals surface area contributed by atoms with Crippen molar-refractivity contribution in [3.05, 3.63) is 72.2 Å². The van der Waals surface area contributed by atoms with Crippen LogP contribution in [0.15, 0.2) is 61.1 Å². The lowest BCUT2D eigenvalue weighted by atomic mass is 9.96. The van der Waals surface area contributed by atoms with Crippen molar-refractivity contribution in [2.75, 3.05) is 44.6 Å². The Morgan fingerprint density at radius 2 is 1.70 bits per heavy atom. The Kier molecular flexibility index (Phi) is 9.60. The molecule has 10 nitrogen and oxygen atoms in total. The summed E-state index contributed by atoms with van der Waals surface area (Å²) >= 11 is 0. The van der Waals surface area contributed by atoms with Gasteiger partial charge >= 0.3 is 6.61 Å². The van der Waals surface area contributed by atoms with Gasteiger partial charge < -0.3 is 25.2 Å². The molecule has 0 spiro atoms. The number of aromatic nitrogens is 3. The first-order chi connectivity index (χ1) is 20.9. The fourth-order valence-electron chi connectivity index (χ4n) is 5.77. The standard InChI is InChI=1S/C31H33F2N7O3.ClH/c1-20-18-23(4-7-25(20)30(42)39-16-14-38(15-17-39)29(41)22-8-10-34-11-9-22)37-27-28-36-19-26(40(28)13-12-35-27)21-2-5-24(6-3-21)43-31(32)33;/h2-7,12-13,18-19,22,31,34H,8-11,14-17H2,1H3,(H,35,37);1H. The third-order valence-corrected chi connectivity index (χ3v) is 8.09. The lowest BCUT2D eigenvalue weighted by Crippen LogP contribution is -2.52. The molecule has 0 atom stereocenters. The van der Waals surface area contributed by atoms with E-state index in [2.05, 4.69) is 25.3 Å². The lowest BCUT2D eigenvalue weighted by molar-refractivity contribution is -0.137. The second-order valence-electron chi connectivity index (χ2n) is 10.8. The third kappa shape index (κ3) is 6.61. The smallest absolute Gasteiger partial charge is 0.387 e. The summed E-state index contributed by atoms with van der Waals surface area (Å²) in [6, 6.07) is 11.9. The monoisotopic (exact) mass is 625 g/mol. The Balaban J connectivity index is 0.00000384. The summed E-state index contributed by atoms with van der Waals surface area (Å²) in [5.41, 5.74) is 4.33. The number of hydrogen-bond acceptors (Lipinski definition) is 7. The van der Waals surface area contributed by atoms with Gasteiger partial charge in [0.25, 0.3) is 5.91 Å². The van der Waals surface area contributed by atoms with E-state index < -0.39 is 6.61 Å². The van der Waals surface area contributed by atoms with Crippen molar-refractivity contribution in [1.82, 2.24) is 29.5 Å². The number of fused-ring (bicyclic) bond motifs is 1. The summed E-state index contributed by atoms with van der Waals surface area (Å²) in [5.74, 6) is 0.867. The highest BCUT2D eigenvalue weighted by molar-refractivity contribution is 5.96. The summed E-state index contributed by atoms with van der Waals surface area (Å²) in [6.07, 6.45) is 6.86. The van der Waals surface area contributed by atoms with Gasteiger partial charge in [0.1, 0.15) is 5.75 Å². The van der Waals surface area contributed by atoms with E-state index in [-0.39, 0.29) is 35.9 Å². The summed E-state index contributed by atoms with van der Waals surface area (Å²) in [6.45, 7) is 2.94. The number of imidazole rings is 1. The molecule has 2 fully saturated rings. The molecule has 0 aliphatic carbocycles. The Hall–Kier alpha value is -4.29. The van der Waals surface area contributed by atoms with Gasteiger partial charge in [-0.1, -0.05) is 0 Å². The van der Waals surface area contributed by atoms with E-state index in [0.717, 1.165) is 48.4 Å². The number of carbonyl (C=O) groups is 2. The normalized spacial score (nSPS) is 15.7. The van der Waals surface area contributed by atoms with E-state index in [1.807, 2.05) is 39.3 Å². The molecule has 232 valence electrons. The van der Waals surface area contributed by atoms with Gasteiger partial charge in [-0.05, 0) is 80.9 Å². The number of benzene rings is 2. The maximum Gasteiger partial charge on any atom is 0.387 e. The number of nitrogens with zero attached hydrogens (tertiary/aromatic N) is 5. The van der Waals surface area contributed by atoms with Crippen LogP contribution in [-0.4, -0.2) is 81.9 Å². The second-order valence-corrected chi connectivity index (χ2v) is 10.8. The summed E-state index contributed by atoms with van der Waals surface area (Å²) in [7, 11) is 0. The minimum atomic E-state index is -2.88. The number of hydrogen-bond donors (Lipinski definition) is 2. The number of halogens is 3. The molecule has 0 bridgehead atoms. The molecule has 2 aromatic carbocycles. The fourth-order valence-corrected chi connectivity index (χ4v) is 5.77. The average Bonchev–Trinajstić information content (AvgIpc) is 3.46. The van der Waals surface area contributed by atoms with E-state index >= 15 is 0 Å². The molecule has 2 amide bonds. The molecule has 44 heavy (non-hydrogen) atoms. The van der Waals surface area contributed by atoms with Crippen LogP contribution in [0.25, 0.3) is 16.9 Å². The Labute approximate surface area is 259 Å². The number of piperidine rings is 1. The molecule has 4 heterocycles. The van der Waals surface area contributed by atoms with Crippen molar-refractivity contribution in [1.29, 1.82) is 0 Å². The maximum absolute atomic E-state index is 13.4. The first-order valence-electron chi connectivity index (χ1n) is 14.4. The van der Waals surface area contributed by atoms with Gasteiger partial charge in [0.15, 0.2) is 11.5 Å². The molecular weight excluding hydrogens is 592 g/mol. The number of amides is 2. The van der Waals surface area contributed by atoms with Gasteiger partial charge in [0, 0.05) is 61.3 Å². The first kappa shape index (κ1) is 31.1. The van der Waals surface area contributed by atoms with Gasteiger partial charge in [-0.15, -0.1) is 12.4 Å². The highest BCUT2D eigenvalue weighted by Gasteiger charge is 2.30. The van der Waals surface area contributed by atoms with Crippen LogP contribution in [0, 0.1) is 12.8 Å². The van der Waals surface area contributed by atoms with E-state index in [0.29, 0.717) is 43.2 Å². The Bertz CT molecular complexity index is 1620. The van der Waals surface area contributed by atoms with Crippen molar-refractivity contribution in [2.45, 2.75) is 26.4 Å². The topological polar surface area (TPSA) is 104 Å². The zero-order valence-corrected chi connectivity index (χ0v) is 25.0. The number of carbonyl (C=O) groups excluding carboxylic acids is 2. The van der Waals surface area contributed by atoms with Crippen LogP contribution in [0.4, 0.5) is 20.3 Å². The SMILES string of the molecule is Cc1cc(Nc2nccn3c(-c4ccc(OC(F)F)cc4)cnc23)ccc1C(=O)N1CCN(C(=O)C2CCNCC2)CC1.Cl. The molecule has 6 rings (SSSR count). The van der Waals surface area contributed by atoms with Gasteiger partial charge in [0.05, 0.1) is 11.9 Å². The van der Waals surface area contributed by atoms with Crippen molar-refractivity contribution in [3.8, 4) is 17.0 Å². The van der Waals surface area contributed by atoms with Gasteiger partial charge in [-0.25, -0.2) is 9.97 Å². The van der Waals surface area contributed by atoms with Crippen molar-refractivity contribution in [3.63, 3.8) is 0 Å². The van der Waals surface area contributed by atoms with E-state index in [9.17, 15) is 18.4 Å². The minimum absolute atomic E-state index is 0. The van der Waals surface area contributed by atoms with Gasteiger partial charge in [-0.3, -0.25) is 14.0 Å². The lowest BCUT2D eigenvalue weighted by Gasteiger charge is -2.37. The highest BCUT2D eigenvalue weighted by atomic mass is 35.5. The van der Waals surface area contributed by atoms with Gasteiger partial charge in [-0.2, -0.15) is 8.78 Å². The Morgan fingerprint density at radius 3 is 2.39 bits per heavy atom. The third-order valence-electron chi connectivity index (χ3n) is 8.09. The molecule has 0 unspecified atom stereocenters. The minimum Gasteiger partial charge on any atom is -0.435 e. The first-order valence-corrected chi connectivity index (χ1v) is 14.4. The van der Waals surface area contributed by atoms with Crippen LogP contribution in [0.5, 0.6) is 5.75 Å². The van der Waals surface area contributed by atoms with Crippen LogP contribution in [0.1, 0.15) is 28.8 Å². The molecule has 2 aromatic heterocycles. The number of aryl methyl sites for hydroxylation is 1. The van der Waals surface area contributed by atoms with E-state index in [1.54, 1.807) is 30.7 Å². The van der Waals surface area contributed by atoms with Crippen LogP contribution in [0.3, 0.4) is 0 Å². The molecule has 2 aliphatic rings. The molecule has 2 saturated heterocycles. The quantitative estimate of drug-likeness (QED) is 0.305. The van der Waals surface area contributed by atoms with Crippen LogP contribution < -0.4 is 15.4 Å². The highest BCUT2D eigenvalue weighted by Crippen LogP contribution is 2.28. The molecule has 0 saturated carbocycles. The summed E-state index contributed by atoms with van der Waals surface area (Å²) in [4.78, 5) is 39.0. The summed E-state index contributed by atoms with van der Waals surface area (Å²) in [5, 5.41) is 6.61.